The van der Waals surface area contributed by atoms with E-state index in [4.69, 9.17) is 4.52 Å². The number of nitrogens with zero attached hydrogens (tertiary/aromatic N) is 2. The molecule has 0 amide bonds. The number of aromatic nitrogens is 2. The van der Waals surface area contributed by atoms with Crippen molar-refractivity contribution in [3.63, 3.8) is 0 Å². The average molecular weight is 435 g/mol. The molecule has 2 aromatic carbocycles. The molecular weight excluding hydrogens is 416 g/mol. The SMILES string of the molecule is Cc1noc(-c2ccc(Br)cc2)c1C(O)c1cncc(Cc2ccccc2)c1. The fourth-order valence-electron chi connectivity index (χ4n) is 3.26. The number of hydrogen-bond donors (Lipinski definition) is 1. The first-order valence-electron chi connectivity index (χ1n) is 9.00. The van der Waals surface area contributed by atoms with Gasteiger partial charge in [-0.1, -0.05) is 63.6 Å². The molecular formula is C23H19BrN2O2. The summed E-state index contributed by atoms with van der Waals surface area (Å²) in [6.07, 6.45) is 3.42. The summed E-state index contributed by atoms with van der Waals surface area (Å²) < 4.78 is 6.52. The molecule has 0 aliphatic rings. The van der Waals surface area contributed by atoms with E-state index in [1.807, 2.05) is 61.7 Å². The topological polar surface area (TPSA) is 59.2 Å². The molecule has 4 rings (SSSR count). The van der Waals surface area contributed by atoms with Crippen LogP contribution in [0.15, 0.2) is 82.1 Å². The van der Waals surface area contributed by atoms with Gasteiger partial charge in [-0.25, -0.2) is 0 Å². The first-order valence-corrected chi connectivity index (χ1v) is 9.79. The molecule has 0 bridgehead atoms. The minimum atomic E-state index is -0.867. The van der Waals surface area contributed by atoms with Crippen molar-refractivity contribution in [1.29, 1.82) is 0 Å². The van der Waals surface area contributed by atoms with E-state index in [9.17, 15) is 5.11 Å². The van der Waals surface area contributed by atoms with E-state index in [0.29, 0.717) is 17.0 Å². The predicted molar refractivity (Wildman–Crippen MR) is 112 cm³/mol. The molecule has 0 aliphatic heterocycles. The summed E-state index contributed by atoms with van der Waals surface area (Å²) in [5, 5.41) is 15.2. The van der Waals surface area contributed by atoms with E-state index >= 15 is 0 Å². The van der Waals surface area contributed by atoms with Crippen molar-refractivity contribution in [1.82, 2.24) is 10.1 Å². The number of aliphatic hydroxyl groups is 1. The van der Waals surface area contributed by atoms with Gasteiger partial charge in [0, 0.05) is 28.0 Å². The van der Waals surface area contributed by atoms with E-state index in [-0.39, 0.29) is 0 Å². The Morgan fingerprint density at radius 3 is 2.50 bits per heavy atom. The zero-order chi connectivity index (χ0) is 19.5. The maximum Gasteiger partial charge on any atom is 0.173 e. The minimum Gasteiger partial charge on any atom is -0.383 e. The van der Waals surface area contributed by atoms with Crippen LogP contribution in [0.2, 0.25) is 0 Å². The van der Waals surface area contributed by atoms with Crippen LogP contribution in [-0.4, -0.2) is 15.2 Å². The molecule has 0 spiro atoms. The lowest BCUT2D eigenvalue weighted by molar-refractivity contribution is 0.219. The number of aryl methyl sites for hydroxylation is 1. The van der Waals surface area contributed by atoms with Crippen LogP contribution >= 0.6 is 15.9 Å². The third-order valence-corrected chi connectivity index (χ3v) is 5.20. The van der Waals surface area contributed by atoms with Gasteiger partial charge in [-0.2, -0.15) is 0 Å². The molecule has 28 heavy (non-hydrogen) atoms. The Bertz CT molecular complexity index is 1080. The monoisotopic (exact) mass is 434 g/mol. The summed E-state index contributed by atoms with van der Waals surface area (Å²) in [7, 11) is 0. The number of pyridine rings is 1. The standard InChI is InChI=1S/C23H19BrN2O2/c1-15-21(23(28-26-15)18-7-9-20(24)10-8-18)22(27)19-12-17(13-25-14-19)11-16-5-3-2-4-6-16/h2-10,12-14,22,27H,11H2,1H3. The van der Waals surface area contributed by atoms with Gasteiger partial charge in [-0.15, -0.1) is 0 Å². The molecule has 1 unspecified atom stereocenters. The van der Waals surface area contributed by atoms with Crippen LogP contribution in [0.5, 0.6) is 0 Å². The molecule has 5 heteroatoms. The highest BCUT2D eigenvalue weighted by molar-refractivity contribution is 9.10. The molecule has 2 aromatic heterocycles. The van der Waals surface area contributed by atoms with E-state index in [0.717, 1.165) is 27.6 Å². The van der Waals surface area contributed by atoms with Gasteiger partial charge in [0.25, 0.3) is 0 Å². The van der Waals surface area contributed by atoms with E-state index < -0.39 is 6.10 Å². The first kappa shape index (κ1) is 18.6. The van der Waals surface area contributed by atoms with Gasteiger partial charge in [0.15, 0.2) is 5.76 Å². The van der Waals surface area contributed by atoms with Crippen LogP contribution in [0.4, 0.5) is 0 Å². The largest absolute Gasteiger partial charge is 0.383 e. The Morgan fingerprint density at radius 1 is 1.00 bits per heavy atom. The highest BCUT2D eigenvalue weighted by Gasteiger charge is 2.24. The van der Waals surface area contributed by atoms with Crippen molar-refractivity contribution in [2.24, 2.45) is 0 Å². The third kappa shape index (κ3) is 3.91. The second-order valence-corrected chi connectivity index (χ2v) is 7.62. The van der Waals surface area contributed by atoms with Crippen molar-refractivity contribution in [2.75, 3.05) is 0 Å². The predicted octanol–water partition coefficient (Wildman–Crippen LogP) is 5.48. The Hall–Kier alpha value is -2.76. The fourth-order valence-corrected chi connectivity index (χ4v) is 3.52. The highest BCUT2D eigenvalue weighted by Crippen LogP contribution is 2.35. The zero-order valence-corrected chi connectivity index (χ0v) is 16.9. The number of rotatable bonds is 5. The minimum absolute atomic E-state index is 0.575. The Kier molecular flexibility index (Phi) is 5.37. The van der Waals surface area contributed by atoms with Gasteiger partial charge in [0.1, 0.15) is 6.10 Å². The summed E-state index contributed by atoms with van der Waals surface area (Å²) in [6, 6.07) is 19.9. The lowest BCUT2D eigenvalue weighted by atomic mass is 9.96. The Morgan fingerprint density at radius 2 is 1.75 bits per heavy atom. The molecule has 0 saturated carbocycles. The molecule has 0 radical (unpaired) electrons. The summed E-state index contributed by atoms with van der Waals surface area (Å²) in [4.78, 5) is 4.34. The first-order chi connectivity index (χ1) is 13.6. The molecule has 1 N–H and O–H groups in total. The molecule has 2 heterocycles. The average Bonchev–Trinajstić information content (AvgIpc) is 3.10. The molecule has 4 nitrogen and oxygen atoms in total. The second kappa shape index (κ2) is 8.09. The number of halogens is 1. The van der Waals surface area contributed by atoms with Crippen molar-refractivity contribution < 1.29 is 9.63 Å². The van der Waals surface area contributed by atoms with E-state index in [2.05, 4.69) is 38.2 Å². The zero-order valence-electron chi connectivity index (χ0n) is 15.3. The lowest BCUT2D eigenvalue weighted by Crippen LogP contribution is -2.04. The van der Waals surface area contributed by atoms with Crippen molar-refractivity contribution >= 4 is 15.9 Å². The van der Waals surface area contributed by atoms with Crippen LogP contribution < -0.4 is 0 Å². The normalized spacial score (nSPS) is 12.1. The lowest BCUT2D eigenvalue weighted by Gasteiger charge is -2.13. The third-order valence-electron chi connectivity index (χ3n) is 4.67. The quantitative estimate of drug-likeness (QED) is 0.451. The molecule has 1 atom stereocenters. The van der Waals surface area contributed by atoms with E-state index in [1.165, 1.54) is 5.56 Å². The maximum atomic E-state index is 11.1. The van der Waals surface area contributed by atoms with Gasteiger partial charge < -0.3 is 9.63 Å². The summed E-state index contributed by atoms with van der Waals surface area (Å²) >= 11 is 3.44. The smallest absolute Gasteiger partial charge is 0.173 e. The van der Waals surface area contributed by atoms with Gasteiger partial charge in [0.2, 0.25) is 0 Å². The Labute approximate surface area is 172 Å². The second-order valence-electron chi connectivity index (χ2n) is 6.71. The molecule has 0 fully saturated rings. The van der Waals surface area contributed by atoms with Crippen LogP contribution in [0.3, 0.4) is 0 Å². The van der Waals surface area contributed by atoms with E-state index in [1.54, 1.807) is 6.20 Å². The van der Waals surface area contributed by atoms with Crippen molar-refractivity contribution in [3.8, 4) is 11.3 Å². The fraction of sp³-hybridized carbons (Fsp3) is 0.130. The molecule has 0 aliphatic carbocycles. The van der Waals surface area contributed by atoms with Gasteiger partial charge in [-0.3, -0.25) is 4.98 Å². The summed E-state index contributed by atoms with van der Waals surface area (Å²) in [5.74, 6) is 0.575. The van der Waals surface area contributed by atoms with Crippen molar-refractivity contribution in [3.05, 3.63) is 105 Å². The van der Waals surface area contributed by atoms with Gasteiger partial charge in [0.05, 0.1) is 11.3 Å². The van der Waals surface area contributed by atoms with Crippen LogP contribution in [0.1, 0.15) is 34.1 Å². The number of hydrogen-bond acceptors (Lipinski definition) is 4. The molecule has 4 aromatic rings. The van der Waals surface area contributed by atoms with Gasteiger partial charge in [-0.05, 0) is 42.7 Å². The Balaban J connectivity index is 1.67. The van der Waals surface area contributed by atoms with Crippen LogP contribution in [0.25, 0.3) is 11.3 Å². The maximum absolute atomic E-state index is 11.1. The van der Waals surface area contributed by atoms with Crippen molar-refractivity contribution in [2.45, 2.75) is 19.4 Å². The summed E-state index contributed by atoms with van der Waals surface area (Å²) in [5.41, 5.74) is 5.17. The molecule has 0 saturated heterocycles. The van der Waals surface area contributed by atoms with Gasteiger partial charge >= 0.3 is 0 Å². The molecule has 140 valence electrons. The summed E-state index contributed by atoms with van der Waals surface area (Å²) in [6.45, 7) is 1.84. The van der Waals surface area contributed by atoms with Crippen LogP contribution in [0, 0.1) is 6.92 Å². The highest BCUT2D eigenvalue weighted by atomic mass is 79.9. The number of benzene rings is 2. The van der Waals surface area contributed by atoms with Crippen LogP contribution in [-0.2, 0) is 6.42 Å². The number of aliphatic hydroxyl groups excluding tert-OH is 1.